The summed E-state index contributed by atoms with van der Waals surface area (Å²) >= 11 is 2.09. The Bertz CT molecular complexity index is 19.4. The van der Waals surface area contributed by atoms with E-state index in [-0.39, 0.29) is 0 Å². The van der Waals surface area contributed by atoms with Crippen molar-refractivity contribution in [2.45, 2.75) is 19.3 Å². The lowest BCUT2D eigenvalue weighted by Gasteiger charge is -2.05. The first-order chi connectivity index (χ1) is 3.00. The van der Waals surface area contributed by atoms with E-state index >= 15 is 0 Å². The molecule has 0 N–H and O–H groups in total. The summed E-state index contributed by atoms with van der Waals surface area (Å²) in [5.41, 5.74) is 0. The molecule has 1 heteroatoms. The maximum atomic E-state index is 2.09. The molecule has 0 spiro atoms. The molecule has 36 valence electrons. The first-order valence-corrected chi connectivity index (χ1v) is 3.73. The Hall–Kier alpha value is 0.350. The Labute approximate surface area is 43.3 Å². The Morgan fingerprint density at radius 1 is 0.833 bits per heavy atom. The van der Waals surface area contributed by atoms with Gasteiger partial charge in [0.15, 0.2) is 0 Å². The fraction of sp³-hybridized carbons (Fsp3) is 1.00. The van der Waals surface area contributed by atoms with Gasteiger partial charge in [0.25, 0.3) is 0 Å². The van der Waals surface area contributed by atoms with Gasteiger partial charge >= 0.3 is 0 Å². The maximum absolute atomic E-state index is 2.09. The van der Waals surface area contributed by atoms with E-state index in [9.17, 15) is 0 Å². The molecule has 1 saturated heterocycles. The van der Waals surface area contributed by atoms with Gasteiger partial charge in [0, 0.05) is 0 Å². The molecule has 1 fully saturated rings. The van der Waals surface area contributed by atoms with Gasteiger partial charge in [-0.1, -0.05) is 6.42 Å². The lowest BCUT2D eigenvalue weighted by Crippen LogP contribution is -1.91. The predicted octanol–water partition coefficient (Wildman–Crippen LogP) is 1.90. The normalized spacial score (nSPS) is 24.0. The third-order valence-electron chi connectivity index (χ3n) is 1.08. The molecule has 0 atom stereocenters. The molecule has 1 aliphatic heterocycles. The average Bonchev–Trinajstić information content (AvgIpc) is 1.72. The van der Waals surface area contributed by atoms with Gasteiger partial charge in [0.05, 0.1) is 0 Å². The summed E-state index contributed by atoms with van der Waals surface area (Å²) in [5.74, 6) is 2.83. The van der Waals surface area contributed by atoms with E-state index in [2.05, 4.69) is 11.8 Å². The zero-order valence-electron chi connectivity index (χ0n) is 3.94. The summed E-state index contributed by atoms with van der Waals surface area (Å²) in [6.45, 7) is 0. The van der Waals surface area contributed by atoms with Gasteiger partial charge in [-0.05, 0) is 24.3 Å². The van der Waals surface area contributed by atoms with Crippen molar-refractivity contribution in [3.8, 4) is 0 Å². The summed E-state index contributed by atoms with van der Waals surface area (Å²) in [6, 6.07) is 0. The molecule has 0 saturated carbocycles. The highest BCUT2D eigenvalue weighted by molar-refractivity contribution is 7.99. The topological polar surface area (TPSA) is 0 Å². The van der Waals surface area contributed by atoms with Gasteiger partial charge in [-0.3, -0.25) is 0 Å². The van der Waals surface area contributed by atoms with E-state index in [4.69, 9.17) is 0 Å². The summed E-state index contributed by atoms with van der Waals surface area (Å²) < 4.78 is 0. The fourth-order valence-electron chi connectivity index (χ4n) is 0.687. The van der Waals surface area contributed by atoms with Crippen LogP contribution in [0.5, 0.6) is 0 Å². The van der Waals surface area contributed by atoms with Crippen LogP contribution in [0.2, 0.25) is 0 Å². The highest BCUT2D eigenvalue weighted by atomic mass is 32.2. The van der Waals surface area contributed by atoms with Crippen molar-refractivity contribution in [2.24, 2.45) is 0 Å². The van der Waals surface area contributed by atoms with E-state index < -0.39 is 0 Å². The van der Waals surface area contributed by atoms with Gasteiger partial charge in [-0.2, -0.15) is 11.8 Å². The van der Waals surface area contributed by atoms with Crippen molar-refractivity contribution < 1.29 is 0 Å². The fourth-order valence-corrected chi connectivity index (χ4v) is 1.71. The second-order valence-electron chi connectivity index (χ2n) is 1.67. The molecule has 0 unspecified atom stereocenters. The number of thioether (sulfide) groups is 1. The molecule has 0 aromatic heterocycles. The van der Waals surface area contributed by atoms with Gasteiger partial charge in [0.2, 0.25) is 0 Å². The first-order valence-electron chi connectivity index (χ1n) is 2.58. The highest BCUT2D eigenvalue weighted by Crippen LogP contribution is 2.14. The summed E-state index contributed by atoms with van der Waals surface area (Å²) in [5, 5.41) is 0. The van der Waals surface area contributed by atoms with Crippen molar-refractivity contribution in [1.29, 1.82) is 0 Å². The average molecular weight is 102 g/mol. The summed E-state index contributed by atoms with van der Waals surface area (Å²) in [7, 11) is 0. The molecule has 0 radical (unpaired) electrons. The molecular weight excluding hydrogens is 92.1 g/mol. The molecule has 0 nitrogen and oxygen atoms in total. The van der Waals surface area contributed by atoms with Gasteiger partial charge in [0.1, 0.15) is 0 Å². The van der Waals surface area contributed by atoms with E-state index in [0.717, 1.165) is 0 Å². The molecule has 0 aromatic carbocycles. The van der Waals surface area contributed by atoms with Gasteiger partial charge in [-0.25, -0.2) is 0 Å². The van der Waals surface area contributed by atoms with Crippen LogP contribution in [-0.4, -0.2) is 11.5 Å². The quantitative estimate of drug-likeness (QED) is 0.450. The Morgan fingerprint density at radius 3 is 1.67 bits per heavy atom. The monoisotopic (exact) mass is 102 g/mol. The minimum Gasteiger partial charge on any atom is -0.162 e. The molecule has 1 heterocycles. The number of hydrogen-bond acceptors (Lipinski definition) is 1. The SMILES string of the molecule is C1CCSCC1. The van der Waals surface area contributed by atoms with Crippen LogP contribution in [0.25, 0.3) is 0 Å². The third-order valence-corrected chi connectivity index (χ3v) is 2.23. The van der Waals surface area contributed by atoms with E-state index in [1.54, 1.807) is 0 Å². The Balaban J connectivity index is 2.00. The second-order valence-corrected chi connectivity index (χ2v) is 2.90. The van der Waals surface area contributed by atoms with Crippen LogP contribution in [0, 0.1) is 0 Å². The summed E-state index contributed by atoms with van der Waals surface area (Å²) in [4.78, 5) is 0. The predicted molar refractivity (Wildman–Crippen MR) is 31.2 cm³/mol. The molecule has 0 bridgehead atoms. The molecule has 0 aromatic rings. The lowest BCUT2D eigenvalue weighted by atomic mass is 10.3. The van der Waals surface area contributed by atoms with Crippen molar-refractivity contribution in [3.05, 3.63) is 0 Å². The number of rotatable bonds is 0. The van der Waals surface area contributed by atoms with Crippen LogP contribution in [0.15, 0.2) is 0 Å². The lowest BCUT2D eigenvalue weighted by molar-refractivity contribution is 0.764. The zero-order chi connectivity index (χ0) is 4.24. The minimum atomic E-state index is 1.42. The van der Waals surface area contributed by atoms with Crippen molar-refractivity contribution >= 4 is 11.8 Å². The van der Waals surface area contributed by atoms with Crippen molar-refractivity contribution in [1.82, 2.24) is 0 Å². The van der Waals surface area contributed by atoms with Crippen LogP contribution >= 0.6 is 11.8 Å². The molecule has 0 aliphatic carbocycles. The molecule has 0 amide bonds. The number of hydrogen-bond donors (Lipinski definition) is 0. The van der Waals surface area contributed by atoms with Crippen LogP contribution in [0.4, 0.5) is 0 Å². The Kier molecular flexibility index (Phi) is 1.89. The molecule has 1 aliphatic rings. The van der Waals surface area contributed by atoms with Crippen molar-refractivity contribution in [3.63, 3.8) is 0 Å². The maximum Gasteiger partial charge on any atom is -0.00675 e. The molecular formula is C5H10S. The van der Waals surface area contributed by atoms with Crippen LogP contribution in [-0.2, 0) is 0 Å². The molecule has 1 rings (SSSR count). The van der Waals surface area contributed by atoms with Crippen LogP contribution < -0.4 is 0 Å². The van der Waals surface area contributed by atoms with Gasteiger partial charge < -0.3 is 0 Å². The minimum absolute atomic E-state index is 1.42. The third kappa shape index (κ3) is 1.21. The summed E-state index contributed by atoms with van der Waals surface area (Å²) in [6.07, 6.45) is 4.41. The van der Waals surface area contributed by atoms with Crippen LogP contribution in [0.1, 0.15) is 19.3 Å². The van der Waals surface area contributed by atoms with Gasteiger partial charge in [-0.15, -0.1) is 0 Å². The first kappa shape index (κ1) is 4.51. The largest absolute Gasteiger partial charge is 0.162 e. The van der Waals surface area contributed by atoms with E-state index in [1.807, 2.05) is 0 Å². The van der Waals surface area contributed by atoms with Crippen LogP contribution in [0.3, 0.4) is 0 Å². The van der Waals surface area contributed by atoms with E-state index in [0.29, 0.717) is 0 Å². The van der Waals surface area contributed by atoms with Crippen molar-refractivity contribution in [2.75, 3.05) is 11.5 Å². The zero-order valence-corrected chi connectivity index (χ0v) is 4.76. The smallest absolute Gasteiger partial charge is 0.00675 e. The van der Waals surface area contributed by atoms with E-state index in [1.165, 1.54) is 30.8 Å². The second kappa shape index (κ2) is 2.51. The Morgan fingerprint density at radius 2 is 1.50 bits per heavy atom. The highest BCUT2D eigenvalue weighted by Gasteiger charge is 1.95. The standard InChI is InChI=1S/C5H10S/c1-2-4-6-5-3-1/h1-5H2. The molecule has 6 heavy (non-hydrogen) atoms.